The third-order valence-electron chi connectivity index (χ3n) is 3.79. The molecule has 0 spiro atoms. The Kier molecular flexibility index (Phi) is 6.33. The average Bonchev–Trinajstić information content (AvgIpc) is 2.98. The van der Waals surface area contributed by atoms with Crippen LogP contribution in [0.4, 0.5) is 5.69 Å². The van der Waals surface area contributed by atoms with Crippen LogP contribution in [-0.2, 0) is 11.3 Å². The molecule has 0 unspecified atom stereocenters. The fourth-order valence-corrected chi connectivity index (χ4v) is 2.31. The predicted molar refractivity (Wildman–Crippen MR) is 98.6 cm³/mol. The van der Waals surface area contributed by atoms with E-state index >= 15 is 0 Å². The molecule has 2 aromatic rings. The third kappa shape index (κ3) is 5.74. The number of hydrogen-bond donors (Lipinski definition) is 2. The van der Waals surface area contributed by atoms with E-state index in [1.54, 1.807) is 16.8 Å². The van der Waals surface area contributed by atoms with E-state index < -0.39 is 0 Å². The molecular formula is C19H26N4O2. The van der Waals surface area contributed by atoms with Gasteiger partial charge in [0.1, 0.15) is 0 Å². The Morgan fingerprint density at radius 3 is 2.60 bits per heavy atom. The first kappa shape index (κ1) is 18.7. The van der Waals surface area contributed by atoms with Crippen molar-refractivity contribution in [2.75, 3.05) is 11.9 Å². The molecule has 0 saturated carbocycles. The second-order valence-corrected chi connectivity index (χ2v) is 6.65. The number of carbonyl (C=O) groups is 2. The van der Waals surface area contributed by atoms with Gasteiger partial charge in [-0.3, -0.25) is 14.3 Å². The summed E-state index contributed by atoms with van der Waals surface area (Å²) >= 11 is 0. The number of hydrogen-bond acceptors (Lipinski definition) is 3. The SMILES string of the molecule is Cc1ccn(CCC(=O)Nc2cc(C(=O)NCC(C)C)ccc2C)n1. The van der Waals surface area contributed by atoms with Gasteiger partial charge in [-0.1, -0.05) is 19.9 Å². The fraction of sp³-hybridized carbons (Fsp3) is 0.421. The first-order valence-corrected chi connectivity index (χ1v) is 8.54. The van der Waals surface area contributed by atoms with E-state index in [2.05, 4.69) is 15.7 Å². The zero-order chi connectivity index (χ0) is 18.4. The third-order valence-corrected chi connectivity index (χ3v) is 3.79. The standard InChI is InChI=1S/C19H26N4O2/c1-13(2)12-20-19(25)16-6-5-14(3)17(11-16)21-18(24)8-10-23-9-7-15(4)22-23/h5-7,9,11,13H,8,10,12H2,1-4H3,(H,20,25)(H,21,24). The maximum atomic E-state index is 12.2. The number of carbonyl (C=O) groups excluding carboxylic acids is 2. The lowest BCUT2D eigenvalue weighted by atomic mass is 10.1. The predicted octanol–water partition coefficient (Wildman–Crippen LogP) is 2.91. The summed E-state index contributed by atoms with van der Waals surface area (Å²) in [4.78, 5) is 24.4. The van der Waals surface area contributed by atoms with Crippen LogP contribution in [0.1, 0.15) is 41.9 Å². The lowest BCUT2D eigenvalue weighted by molar-refractivity contribution is -0.116. The fourth-order valence-electron chi connectivity index (χ4n) is 2.31. The van der Waals surface area contributed by atoms with E-state index in [1.165, 1.54) is 0 Å². The second kappa shape index (κ2) is 8.46. The smallest absolute Gasteiger partial charge is 0.251 e. The minimum absolute atomic E-state index is 0.101. The Bertz CT molecular complexity index is 750. The van der Waals surface area contributed by atoms with Crippen molar-refractivity contribution in [3.8, 4) is 0 Å². The lowest BCUT2D eigenvalue weighted by Crippen LogP contribution is -2.27. The van der Waals surface area contributed by atoms with Crippen molar-refractivity contribution in [2.24, 2.45) is 5.92 Å². The summed E-state index contributed by atoms with van der Waals surface area (Å²) < 4.78 is 1.75. The molecule has 2 amide bonds. The largest absolute Gasteiger partial charge is 0.352 e. The summed E-state index contributed by atoms with van der Waals surface area (Å²) in [5.74, 6) is 0.159. The molecule has 1 aromatic heterocycles. The summed E-state index contributed by atoms with van der Waals surface area (Å²) in [6.45, 7) is 9.05. The molecule has 2 N–H and O–H groups in total. The summed E-state index contributed by atoms with van der Waals surface area (Å²) in [5, 5.41) is 10.0. The normalized spacial score (nSPS) is 10.8. The van der Waals surface area contributed by atoms with Gasteiger partial charge < -0.3 is 10.6 Å². The van der Waals surface area contributed by atoms with Crippen molar-refractivity contribution in [3.63, 3.8) is 0 Å². The van der Waals surface area contributed by atoms with Crippen LogP contribution in [0, 0.1) is 19.8 Å². The van der Waals surface area contributed by atoms with E-state index in [4.69, 9.17) is 0 Å². The van der Waals surface area contributed by atoms with E-state index in [1.807, 2.05) is 46.0 Å². The first-order valence-electron chi connectivity index (χ1n) is 8.54. The van der Waals surface area contributed by atoms with Gasteiger partial charge in [-0.15, -0.1) is 0 Å². The molecule has 0 atom stereocenters. The van der Waals surface area contributed by atoms with Crippen LogP contribution in [0.2, 0.25) is 0 Å². The molecule has 0 radical (unpaired) electrons. The first-order chi connectivity index (χ1) is 11.8. The molecule has 0 aliphatic carbocycles. The summed E-state index contributed by atoms with van der Waals surface area (Å²) in [5.41, 5.74) is 3.06. The Morgan fingerprint density at radius 1 is 1.20 bits per heavy atom. The zero-order valence-corrected chi connectivity index (χ0v) is 15.3. The Hall–Kier alpha value is -2.63. The van der Waals surface area contributed by atoms with Gasteiger partial charge in [0.2, 0.25) is 5.91 Å². The molecule has 1 aromatic carbocycles. The molecule has 0 aliphatic rings. The van der Waals surface area contributed by atoms with Crippen molar-refractivity contribution in [3.05, 3.63) is 47.3 Å². The summed E-state index contributed by atoms with van der Waals surface area (Å²) in [7, 11) is 0. The number of anilines is 1. The quantitative estimate of drug-likeness (QED) is 0.812. The average molecular weight is 342 g/mol. The molecule has 6 nitrogen and oxygen atoms in total. The summed E-state index contributed by atoms with van der Waals surface area (Å²) in [6, 6.07) is 7.24. The highest BCUT2D eigenvalue weighted by Crippen LogP contribution is 2.17. The molecule has 1 heterocycles. The number of rotatable bonds is 7. The van der Waals surface area contributed by atoms with Gasteiger partial charge in [0.15, 0.2) is 0 Å². The van der Waals surface area contributed by atoms with E-state index in [0.29, 0.717) is 36.7 Å². The number of aryl methyl sites for hydroxylation is 3. The number of nitrogens with one attached hydrogen (secondary N) is 2. The second-order valence-electron chi connectivity index (χ2n) is 6.65. The van der Waals surface area contributed by atoms with E-state index in [0.717, 1.165) is 11.3 Å². The van der Waals surface area contributed by atoms with Crippen LogP contribution < -0.4 is 10.6 Å². The molecule has 0 saturated heterocycles. The van der Waals surface area contributed by atoms with Crippen LogP contribution in [-0.4, -0.2) is 28.1 Å². The maximum absolute atomic E-state index is 12.2. The minimum atomic E-state index is -0.129. The Morgan fingerprint density at radius 2 is 1.96 bits per heavy atom. The molecule has 2 rings (SSSR count). The van der Waals surface area contributed by atoms with Crippen molar-refractivity contribution < 1.29 is 9.59 Å². The van der Waals surface area contributed by atoms with Gasteiger partial charge >= 0.3 is 0 Å². The Labute approximate surface area is 148 Å². The molecule has 0 aliphatic heterocycles. The zero-order valence-electron chi connectivity index (χ0n) is 15.3. The van der Waals surface area contributed by atoms with Gasteiger partial charge in [0.25, 0.3) is 5.91 Å². The van der Waals surface area contributed by atoms with Gasteiger partial charge in [-0.05, 0) is 43.5 Å². The molecule has 6 heteroatoms. The highest BCUT2D eigenvalue weighted by atomic mass is 16.2. The van der Waals surface area contributed by atoms with Crippen LogP contribution in [0.25, 0.3) is 0 Å². The molecular weight excluding hydrogens is 316 g/mol. The highest BCUT2D eigenvalue weighted by molar-refractivity contribution is 5.97. The van der Waals surface area contributed by atoms with Gasteiger partial charge in [0.05, 0.1) is 5.69 Å². The van der Waals surface area contributed by atoms with Crippen molar-refractivity contribution >= 4 is 17.5 Å². The highest BCUT2D eigenvalue weighted by Gasteiger charge is 2.11. The lowest BCUT2D eigenvalue weighted by Gasteiger charge is -2.12. The van der Waals surface area contributed by atoms with E-state index in [-0.39, 0.29) is 11.8 Å². The summed E-state index contributed by atoms with van der Waals surface area (Å²) in [6.07, 6.45) is 2.18. The molecule has 0 fully saturated rings. The minimum Gasteiger partial charge on any atom is -0.352 e. The number of amides is 2. The van der Waals surface area contributed by atoms with Gasteiger partial charge in [-0.2, -0.15) is 5.10 Å². The van der Waals surface area contributed by atoms with E-state index in [9.17, 15) is 9.59 Å². The van der Waals surface area contributed by atoms with Gasteiger partial charge in [0, 0.05) is 37.0 Å². The number of nitrogens with zero attached hydrogens (tertiary/aromatic N) is 2. The molecule has 134 valence electrons. The van der Waals surface area contributed by atoms with Crippen LogP contribution in [0.15, 0.2) is 30.5 Å². The molecule has 25 heavy (non-hydrogen) atoms. The number of aromatic nitrogens is 2. The maximum Gasteiger partial charge on any atom is 0.251 e. The van der Waals surface area contributed by atoms with Crippen LogP contribution >= 0.6 is 0 Å². The van der Waals surface area contributed by atoms with Crippen LogP contribution in [0.5, 0.6) is 0 Å². The van der Waals surface area contributed by atoms with Crippen molar-refractivity contribution in [1.29, 1.82) is 0 Å². The van der Waals surface area contributed by atoms with Crippen LogP contribution in [0.3, 0.4) is 0 Å². The van der Waals surface area contributed by atoms with Gasteiger partial charge in [-0.25, -0.2) is 0 Å². The number of benzene rings is 1. The van der Waals surface area contributed by atoms with Crippen molar-refractivity contribution in [2.45, 2.75) is 40.7 Å². The molecule has 0 bridgehead atoms. The van der Waals surface area contributed by atoms with Crippen molar-refractivity contribution in [1.82, 2.24) is 15.1 Å². The monoisotopic (exact) mass is 342 g/mol. The Balaban J connectivity index is 1.97. The topological polar surface area (TPSA) is 76.0 Å².